The van der Waals surface area contributed by atoms with Gasteiger partial charge in [-0.3, -0.25) is 0 Å². The Bertz CT molecular complexity index is 1240. The molecule has 0 radical (unpaired) electrons. The lowest BCUT2D eigenvalue weighted by Gasteiger charge is -2.22. The molecule has 0 spiro atoms. The van der Waals surface area contributed by atoms with Gasteiger partial charge in [-0.1, -0.05) is 44.2 Å². The fourth-order valence-corrected chi connectivity index (χ4v) is 4.09. The summed E-state index contributed by atoms with van der Waals surface area (Å²) in [4.78, 5) is 11.3. The number of benzene rings is 3. The lowest BCUT2D eigenvalue weighted by atomic mass is 9.94. The molecule has 162 valence electrons. The highest BCUT2D eigenvalue weighted by Gasteiger charge is 2.19. The quantitative estimate of drug-likeness (QED) is 0.346. The van der Waals surface area contributed by atoms with Crippen molar-refractivity contribution in [3.8, 4) is 0 Å². The van der Waals surface area contributed by atoms with E-state index in [-0.39, 0.29) is 23.6 Å². The summed E-state index contributed by atoms with van der Waals surface area (Å²) in [6.45, 7) is 3.92. The minimum atomic E-state index is -0.973. The van der Waals surface area contributed by atoms with Crippen LogP contribution in [0.15, 0.2) is 85.1 Å². The third-order valence-electron chi connectivity index (χ3n) is 5.60. The Morgan fingerprint density at radius 2 is 1.44 bits per heavy atom. The van der Waals surface area contributed by atoms with Crippen molar-refractivity contribution >= 4 is 22.4 Å². The standard InChI is InChI=1S/C27H23F2NO2/c1-17(2)24(16-26(31)32)20-7-12-25-21(15-20)13-14-30(25)27(18-3-8-22(28)9-4-18)19-5-10-23(29)11-6-19/h3-17,27H,1-2H3,(H,31,32)/b24-16+. The third-order valence-corrected chi connectivity index (χ3v) is 5.60. The number of fused-ring (bicyclic) bond motifs is 1. The molecule has 5 heteroatoms. The molecule has 0 bridgehead atoms. The van der Waals surface area contributed by atoms with E-state index in [2.05, 4.69) is 4.57 Å². The van der Waals surface area contributed by atoms with E-state index in [9.17, 15) is 18.7 Å². The highest BCUT2D eigenvalue weighted by Crippen LogP contribution is 2.33. The fourth-order valence-electron chi connectivity index (χ4n) is 4.09. The number of hydrogen-bond donors (Lipinski definition) is 1. The van der Waals surface area contributed by atoms with Gasteiger partial charge in [0.2, 0.25) is 0 Å². The number of carboxylic acids is 1. The topological polar surface area (TPSA) is 42.2 Å². The predicted octanol–water partition coefficient (Wildman–Crippen LogP) is 6.68. The van der Waals surface area contributed by atoms with Crippen LogP contribution in [-0.2, 0) is 4.79 Å². The molecule has 0 saturated carbocycles. The molecule has 0 amide bonds. The molecular formula is C27H23F2NO2. The zero-order chi connectivity index (χ0) is 22.8. The number of carboxylic acid groups (broad SMARTS) is 1. The highest BCUT2D eigenvalue weighted by molar-refractivity contribution is 5.93. The van der Waals surface area contributed by atoms with Crippen LogP contribution in [-0.4, -0.2) is 15.6 Å². The van der Waals surface area contributed by atoms with E-state index in [4.69, 9.17) is 0 Å². The van der Waals surface area contributed by atoms with E-state index < -0.39 is 5.97 Å². The summed E-state index contributed by atoms with van der Waals surface area (Å²) in [5.74, 6) is -1.56. The smallest absolute Gasteiger partial charge is 0.328 e. The SMILES string of the molecule is CC(C)/C(=C\C(=O)O)c1ccc2c(ccn2C(c2ccc(F)cc2)c2ccc(F)cc2)c1. The van der Waals surface area contributed by atoms with Crippen molar-refractivity contribution in [2.45, 2.75) is 19.9 Å². The fraction of sp³-hybridized carbons (Fsp3) is 0.148. The monoisotopic (exact) mass is 431 g/mol. The Kier molecular flexibility index (Phi) is 5.91. The second-order valence-electron chi connectivity index (χ2n) is 8.09. The van der Waals surface area contributed by atoms with Crippen molar-refractivity contribution in [3.63, 3.8) is 0 Å². The Labute approximate surface area is 185 Å². The molecule has 4 rings (SSSR count). The summed E-state index contributed by atoms with van der Waals surface area (Å²) in [6, 6.07) is 20.1. The molecule has 0 fully saturated rings. The molecule has 4 aromatic rings. The molecule has 0 aliphatic carbocycles. The first-order valence-electron chi connectivity index (χ1n) is 10.4. The van der Waals surface area contributed by atoms with E-state index in [1.54, 1.807) is 24.3 Å². The molecule has 1 aromatic heterocycles. The molecule has 0 aliphatic heterocycles. The van der Waals surface area contributed by atoms with Gasteiger partial charge < -0.3 is 9.67 Å². The number of aromatic nitrogens is 1. The largest absolute Gasteiger partial charge is 0.478 e. The van der Waals surface area contributed by atoms with Crippen LogP contribution < -0.4 is 0 Å². The Morgan fingerprint density at radius 3 is 1.94 bits per heavy atom. The maximum atomic E-state index is 13.6. The van der Waals surface area contributed by atoms with E-state index in [1.807, 2.05) is 44.3 Å². The molecule has 0 aliphatic rings. The number of nitrogens with zero attached hydrogens (tertiary/aromatic N) is 1. The number of hydrogen-bond acceptors (Lipinski definition) is 1. The van der Waals surface area contributed by atoms with Crippen molar-refractivity contribution in [2.75, 3.05) is 0 Å². The van der Waals surface area contributed by atoms with Crippen molar-refractivity contribution < 1.29 is 18.7 Å². The molecule has 0 unspecified atom stereocenters. The van der Waals surface area contributed by atoms with Gasteiger partial charge in [0.1, 0.15) is 11.6 Å². The van der Waals surface area contributed by atoms with Crippen LogP contribution in [0, 0.1) is 17.6 Å². The van der Waals surface area contributed by atoms with Gasteiger partial charge in [-0.05, 0) is 70.6 Å². The highest BCUT2D eigenvalue weighted by atomic mass is 19.1. The zero-order valence-corrected chi connectivity index (χ0v) is 17.8. The number of carbonyl (C=O) groups is 1. The lowest BCUT2D eigenvalue weighted by molar-refractivity contribution is -0.131. The van der Waals surface area contributed by atoms with Gasteiger partial charge in [0, 0.05) is 23.2 Å². The van der Waals surface area contributed by atoms with Gasteiger partial charge in [0.05, 0.1) is 6.04 Å². The maximum Gasteiger partial charge on any atom is 0.328 e. The van der Waals surface area contributed by atoms with Crippen LogP contribution in [0.25, 0.3) is 16.5 Å². The first-order chi connectivity index (χ1) is 15.3. The van der Waals surface area contributed by atoms with E-state index >= 15 is 0 Å². The summed E-state index contributed by atoms with van der Waals surface area (Å²) >= 11 is 0. The molecule has 3 nitrogen and oxygen atoms in total. The normalized spacial score (nSPS) is 12.1. The molecule has 0 saturated heterocycles. The van der Waals surface area contributed by atoms with Crippen molar-refractivity contribution in [1.82, 2.24) is 4.57 Å². The van der Waals surface area contributed by atoms with Crippen LogP contribution in [0.2, 0.25) is 0 Å². The van der Waals surface area contributed by atoms with Gasteiger partial charge in [-0.15, -0.1) is 0 Å². The van der Waals surface area contributed by atoms with E-state index in [1.165, 1.54) is 30.3 Å². The summed E-state index contributed by atoms with van der Waals surface area (Å²) < 4.78 is 29.2. The Balaban J connectivity index is 1.85. The minimum absolute atomic E-state index is 0.0526. The number of aliphatic carboxylic acids is 1. The molecule has 1 heterocycles. The number of allylic oxidation sites excluding steroid dienone is 1. The first kappa shape index (κ1) is 21.5. The van der Waals surface area contributed by atoms with E-state index in [0.29, 0.717) is 0 Å². The van der Waals surface area contributed by atoms with Gasteiger partial charge in [0.15, 0.2) is 0 Å². The first-order valence-corrected chi connectivity index (χ1v) is 10.4. The second-order valence-corrected chi connectivity index (χ2v) is 8.09. The Morgan fingerprint density at radius 1 is 0.875 bits per heavy atom. The summed E-state index contributed by atoms with van der Waals surface area (Å²) in [5.41, 5.74) is 4.28. The third kappa shape index (κ3) is 4.33. The predicted molar refractivity (Wildman–Crippen MR) is 122 cm³/mol. The second kappa shape index (κ2) is 8.79. The summed E-state index contributed by atoms with van der Waals surface area (Å²) in [7, 11) is 0. The van der Waals surface area contributed by atoms with Crippen LogP contribution in [0.3, 0.4) is 0 Å². The van der Waals surface area contributed by atoms with Crippen molar-refractivity contribution in [3.05, 3.63) is 113 Å². The van der Waals surface area contributed by atoms with Crippen LogP contribution in [0.4, 0.5) is 8.78 Å². The van der Waals surface area contributed by atoms with Crippen molar-refractivity contribution in [1.29, 1.82) is 0 Å². The molecule has 1 N–H and O–H groups in total. The number of rotatable bonds is 6. The summed E-state index contributed by atoms with van der Waals surface area (Å²) in [5, 5.41) is 10.2. The average Bonchev–Trinajstić information content (AvgIpc) is 3.17. The minimum Gasteiger partial charge on any atom is -0.478 e. The van der Waals surface area contributed by atoms with Gasteiger partial charge in [-0.2, -0.15) is 0 Å². The average molecular weight is 431 g/mol. The molecule has 3 aromatic carbocycles. The molecule has 0 atom stereocenters. The molecular weight excluding hydrogens is 408 g/mol. The maximum absolute atomic E-state index is 13.6. The van der Waals surface area contributed by atoms with Crippen LogP contribution in [0.5, 0.6) is 0 Å². The summed E-state index contributed by atoms with van der Waals surface area (Å²) in [6.07, 6.45) is 3.20. The van der Waals surface area contributed by atoms with Gasteiger partial charge in [0.25, 0.3) is 0 Å². The van der Waals surface area contributed by atoms with E-state index in [0.717, 1.165) is 33.2 Å². The molecule has 32 heavy (non-hydrogen) atoms. The zero-order valence-electron chi connectivity index (χ0n) is 17.8. The van der Waals surface area contributed by atoms with Crippen LogP contribution >= 0.6 is 0 Å². The van der Waals surface area contributed by atoms with Gasteiger partial charge in [-0.25, -0.2) is 13.6 Å². The van der Waals surface area contributed by atoms with Crippen LogP contribution in [0.1, 0.15) is 36.6 Å². The van der Waals surface area contributed by atoms with Crippen molar-refractivity contribution in [2.24, 2.45) is 5.92 Å². The number of halogens is 2. The Hall–Kier alpha value is -3.73. The van der Waals surface area contributed by atoms with Gasteiger partial charge >= 0.3 is 5.97 Å². The lowest BCUT2D eigenvalue weighted by Crippen LogP contribution is -2.11.